The number of carbonyl (C=O) groups is 1. The third-order valence-corrected chi connectivity index (χ3v) is 6.18. The summed E-state index contributed by atoms with van der Waals surface area (Å²) in [6.07, 6.45) is 1.41. The van der Waals surface area contributed by atoms with Crippen molar-refractivity contribution in [1.29, 1.82) is 0 Å². The smallest absolute Gasteiger partial charge is 0.307 e. The molecular weight excluding hydrogens is 522 g/mol. The summed E-state index contributed by atoms with van der Waals surface area (Å²) < 4.78 is 17.3. The molecule has 0 radical (unpaired) electrons. The van der Waals surface area contributed by atoms with Gasteiger partial charge in [0.25, 0.3) is 5.69 Å². The van der Waals surface area contributed by atoms with E-state index in [0.29, 0.717) is 46.3 Å². The number of non-ortho nitro benzene ring substituents is 1. The van der Waals surface area contributed by atoms with Gasteiger partial charge in [-0.05, 0) is 53.1 Å². The van der Waals surface area contributed by atoms with Gasteiger partial charge < -0.3 is 13.9 Å². The number of hydrogen-bond donors (Lipinski definition) is 1. The Hall–Kier alpha value is -4.89. The maximum Gasteiger partial charge on any atom is 0.307 e. The van der Waals surface area contributed by atoms with Crippen LogP contribution >= 0.6 is 11.6 Å². The topological polar surface area (TPSA) is 116 Å². The predicted molar refractivity (Wildman–Crippen MR) is 149 cm³/mol. The molecule has 9 nitrogen and oxygen atoms in total. The van der Waals surface area contributed by atoms with Gasteiger partial charge in [0.05, 0.1) is 22.8 Å². The van der Waals surface area contributed by atoms with Gasteiger partial charge in [-0.15, -0.1) is 0 Å². The number of benzene rings is 4. The molecule has 4 aromatic carbocycles. The second-order valence-corrected chi connectivity index (χ2v) is 8.89. The average molecular weight is 544 g/mol. The molecule has 10 heteroatoms. The summed E-state index contributed by atoms with van der Waals surface area (Å²) in [6.45, 7) is 2.54. The molecule has 5 rings (SSSR count). The van der Waals surface area contributed by atoms with Crippen LogP contribution in [0.3, 0.4) is 0 Å². The molecule has 0 aliphatic carbocycles. The number of nitro groups is 1. The SMILES string of the molecule is CCOc1cc(/C=N\NC(=O)c2cc3cc([N+](=O)[O-])ccc3o2)cc(Cl)c1OCc1cccc2ccccc12. The van der Waals surface area contributed by atoms with Gasteiger partial charge in [-0.1, -0.05) is 54.1 Å². The van der Waals surface area contributed by atoms with Crippen LogP contribution in [0.5, 0.6) is 11.5 Å². The Morgan fingerprint density at radius 3 is 2.69 bits per heavy atom. The van der Waals surface area contributed by atoms with Crippen LogP contribution in [0, 0.1) is 10.1 Å². The minimum atomic E-state index is -0.615. The number of carbonyl (C=O) groups excluding carboxylic acids is 1. The van der Waals surface area contributed by atoms with Crippen LogP contribution in [0.2, 0.25) is 5.02 Å². The Bertz CT molecular complexity index is 1720. The number of hydrogen-bond acceptors (Lipinski definition) is 7. The standard InChI is InChI=1S/C29H22ClN3O6/c1-2-37-26-13-18(12-24(30)28(26)38-17-20-8-5-7-19-6-3-4-9-23(19)20)16-31-32-29(34)27-15-21-14-22(33(35)36)10-11-25(21)39-27/h3-16H,2,17H2,1H3,(H,32,34)/b31-16-. The molecular formula is C29H22ClN3O6. The van der Waals surface area contributed by atoms with Gasteiger partial charge >= 0.3 is 5.91 Å². The van der Waals surface area contributed by atoms with E-state index in [9.17, 15) is 14.9 Å². The first-order chi connectivity index (χ1) is 18.9. The summed E-state index contributed by atoms with van der Waals surface area (Å²) in [6, 6.07) is 23.0. The molecule has 0 aliphatic rings. The minimum absolute atomic E-state index is 0.0344. The van der Waals surface area contributed by atoms with Gasteiger partial charge in [0.2, 0.25) is 0 Å². The van der Waals surface area contributed by atoms with E-state index in [1.54, 1.807) is 12.1 Å². The summed E-state index contributed by atoms with van der Waals surface area (Å²) in [5.41, 5.74) is 4.22. The fourth-order valence-corrected chi connectivity index (χ4v) is 4.38. The molecule has 5 aromatic rings. The second-order valence-electron chi connectivity index (χ2n) is 8.48. The number of fused-ring (bicyclic) bond motifs is 2. The number of amides is 1. The number of furan rings is 1. The van der Waals surface area contributed by atoms with E-state index in [0.717, 1.165) is 16.3 Å². The van der Waals surface area contributed by atoms with Gasteiger partial charge in [0.1, 0.15) is 12.2 Å². The summed E-state index contributed by atoms with van der Waals surface area (Å²) in [4.78, 5) is 23.0. The molecule has 0 atom stereocenters. The van der Waals surface area contributed by atoms with Crippen LogP contribution in [0.1, 0.15) is 28.6 Å². The Kier molecular flexibility index (Phi) is 7.42. The van der Waals surface area contributed by atoms with Gasteiger partial charge in [-0.25, -0.2) is 5.43 Å². The number of hydrazone groups is 1. The van der Waals surface area contributed by atoms with Crippen LogP contribution in [0.25, 0.3) is 21.7 Å². The fraction of sp³-hybridized carbons (Fsp3) is 0.103. The highest BCUT2D eigenvalue weighted by Gasteiger charge is 2.16. The van der Waals surface area contributed by atoms with E-state index in [1.165, 1.54) is 30.5 Å². The molecule has 0 saturated carbocycles. The van der Waals surface area contributed by atoms with E-state index in [4.69, 9.17) is 25.5 Å². The van der Waals surface area contributed by atoms with E-state index in [2.05, 4.69) is 10.5 Å². The van der Waals surface area contributed by atoms with E-state index in [-0.39, 0.29) is 11.4 Å². The van der Waals surface area contributed by atoms with Crippen LogP contribution in [0.4, 0.5) is 5.69 Å². The van der Waals surface area contributed by atoms with Crippen molar-refractivity contribution in [3.05, 3.63) is 111 Å². The molecule has 1 amide bonds. The lowest BCUT2D eigenvalue weighted by atomic mass is 10.1. The maximum absolute atomic E-state index is 12.5. The summed E-state index contributed by atoms with van der Waals surface area (Å²) >= 11 is 6.56. The highest BCUT2D eigenvalue weighted by atomic mass is 35.5. The molecule has 0 fully saturated rings. The van der Waals surface area contributed by atoms with Gasteiger partial charge in [0, 0.05) is 17.5 Å². The number of halogens is 1. The molecule has 0 spiro atoms. The summed E-state index contributed by atoms with van der Waals surface area (Å²) in [5.74, 6) is 0.199. The highest BCUT2D eigenvalue weighted by Crippen LogP contribution is 2.37. The molecule has 0 bridgehead atoms. The lowest BCUT2D eigenvalue weighted by Crippen LogP contribution is -2.16. The van der Waals surface area contributed by atoms with Gasteiger partial charge in [-0.3, -0.25) is 14.9 Å². The Labute approximate surface area is 227 Å². The van der Waals surface area contributed by atoms with Crippen molar-refractivity contribution < 1.29 is 23.6 Å². The Morgan fingerprint density at radius 2 is 1.87 bits per heavy atom. The van der Waals surface area contributed by atoms with Crippen LogP contribution in [0.15, 0.2) is 88.4 Å². The van der Waals surface area contributed by atoms with Crippen LogP contribution in [-0.2, 0) is 6.61 Å². The number of nitro benzene ring substituents is 1. The predicted octanol–water partition coefficient (Wildman–Crippen LogP) is 6.89. The van der Waals surface area contributed by atoms with E-state index in [1.807, 2.05) is 49.4 Å². The normalized spacial score (nSPS) is 11.2. The second kappa shape index (κ2) is 11.2. The summed E-state index contributed by atoms with van der Waals surface area (Å²) in [7, 11) is 0. The highest BCUT2D eigenvalue weighted by molar-refractivity contribution is 6.32. The molecule has 1 N–H and O–H groups in total. The lowest BCUT2D eigenvalue weighted by molar-refractivity contribution is -0.384. The number of nitrogens with one attached hydrogen (secondary N) is 1. The molecule has 0 saturated heterocycles. The van der Waals surface area contributed by atoms with Crippen molar-refractivity contribution in [3.63, 3.8) is 0 Å². The number of rotatable bonds is 9. The number of nitrogens with zero attached hydrogens (tertiary/aromatic N) is 2. The Morgan fingerprint density at radius 1 is 1.05 bits per heavy atom. The lowest BCUT2D eigenvalue weighted by Gasteiger charge is -2.15. The fourth-order valence-electron chi connectivity index (χ4n) is 4.11. The first kappa shape index (κ1) is 25.7. The van der Waals surface area contributed by atoms with Gasteiger partial charge in [-0.2, -0.15) is 5.10 Å². The van der Waals surface area contributed by atoms with Crippen molar-refractivity contribution in [2.45, 2.75) is 13.5 Å². The molecule has 39 heavy (non-hydrogen) atoms. The van der Waals surface area contributed by atoms with Crippen molar-refractivity contribution >= 4 is 51.2 Å². The molecule has 0 unspecified atom stereocenters. The van der Waals surface area contributed by atoms with E-state index >= 15 is 0 Å². The number of ether oxygens (including phenoxy) is 2. The zero-order chi connectivity index (χ0) is 27.4. The zero-order valence-electron chi connectivity index (χ0n) is 20.7. The molecule has 196 valence electrons. The molecule has 1 heterocycles. The van der Waals surface area contributed by atoms with Crippen molar-refractivity contribution in [1.82, 2.24) is 5.43 Å². The first-order valence-corrected chi connectivity index (χ1v) is 12.4. The maximum atomic E-state index is 12.5. The third kappa shape index (κ3) is 5.68. The molecule has 0 aliphatic heterocycles. The third-order valence-electron chi connectivity index (χ3n) is 5.90. The quantitative estimate of drug-likeness (QED) is 0.123. The van der Waals surface area contributed by atoms with E-state index < -0.39 is 10.8 Å². The molecule has 1 aromatic heterocycles. The monoisotopic (exact) mass is 543 g/mol. The largest absolute Gasteiger partial charge is 0.490 e. The van der Waals surface area contributed by atoms with Crippen LogP contribution < -0.4 is 14.9 Å². The average Bonchev–Trinajstić information content (AvgIpc) is 3.36. The van der Waals surface area contributed by atoms with Crippen molar-refractivity contribution in [2.75, 3.05) is 6.61 Å². The Balaban J connectivity index is 1.30. The van der Waals surface area contributed by atoms with Crippen molar-refractivity contribution in [3.8, 4) is 11.5 Å². The first-order valence-electron chi connectivity index (χ1n) is 12.0. The minimum Gasteiger partial charge on any atom is -0.490 e. The zero-order valence-corrected chi connectivity index (χ0v) is 21.5. The van der Waals surface area contributed by atoms with Crippen molar-refractivity contribution in [2.24, 2.45) is 5.10 Å². The van der Waals surface area contributed by atoms with Crippen LogP contribution in [-0.4, -0.2) is 23.7 Å². The summed E-state index contributed by atoms with van der Waals surface area (Å²) in [5, 5.41) is 17.9. The van der Waals surface area contributed by atoms with Gasteiger partial charge in [0.15, 0.2) is 17.3 Å².